The van der Waals surface area contributed by atoms with E-state index >= 15 is 0 Å². The number of nitrogens with zero attached hydrogens (tertiary/aromatic N) is 2. The summed E-state index contributed by atoms with van der Waals surface area (Å²) in [6, 6.07) is 7.32. The zero-order valence-corrected chi connectivity index (χ0v) is 18.7. The number of amides is 1. The number of Topliss-reactive ketones (excluding diaryl/α,β-unsaturated/α-hetero) is 1. The quantitative estimate of drug-likeness (QED) is 0.331. The second-order valence-corrected chi connectivity index (χ2v) is 8.88. The van der Waals surface area contributed by atoms with Gasteiger partial charge in [-0.3, -0.25) is 9.59 Å². The molecule has 3 aromatic rings. The molecule has 0 saturated carbocycles. The zero-order valence-electron chi connectivity index (χ0n) is 16.3. The Bertz CT molecular complexity index is 1130. The molecule has 0 aliphatic carbocycles. The van der Waals surface area contributed by atoms with Gasteiger partial charge >= 0.3 is 0 Å². The third kappa shape index (κ3) is 4.35. The molecule has 3 heterocycles. The number of thiophene rings is 1. The van der Waals surface area contributed by atoms with Gasteiger partial charge in [-0.15, -0.1) is 11.3 Å². The van der Waals surface area contributed by atoms with Gasteiger partial charge in [0, 0.05) is 29.1 Å². The number of thioether (sulfide) groups is 1. The van der Waals surface area contributed by atoms with Crippen molar-refractivity contribution < 1.29 is 14.3 Å². The molecule has 0 bridgehead atoms. The molecule has 1 aliphatic heterocycles. The Morgan fingerprint density at radius 3 is 2.93 bits per heavy atom. The van der Waals surface area contributed by atoms with Gasteiger partial charge in [0.05, 0.1) is 27.7 Å². The fourth-order valence-electron chi connectivity index (χ4n) is 3.20. The lowest BCUT2D eigenvalue weighted by Gasteiger charge is -2.12. The van der Waals surface area contributed by atoms with Crippen LogP contribution < -0.4 is 10.1 Å². The molecule has 154 valence electrons. The van der Waals surface area contributed by atoms with Gasteiger partial charge in [-0.1, -0.05) is 23.4 Å². The van der Waals surface area contributed by atoms with E-state index in [1.54, 1.807) is 17.6 Å². The predicted octanol–water partition coefficient (Wildman–Crippen LogP) is 4.52. The summed E-state index contributed by atoms with van der Waals surface area (Å²) in [7, 11) is 0. The van der Waals surface area contributed by atoms with Crippen molar-refractivity contribution in [3.8, 4) is 17.0 Å². The summed E-state index contributed by atoms with van der Waals surface area (Å²) in [5.41, 5.74) is 3.17. The fraction of sp³-hybridized carbons (Fsp3) is 0.238. The van der Waals surface area contributed by atoms with E-state index < -0.39 is 0 Å². The standard InChI is InChI=1S/C21H18ClN3O3S2/c1-11(26)18-8-14(10-30-18)20(27)24-9-15-6-13-5-12(7-16(22)19(13)28-15)17-3-4-23-21(25-17)29-2/h3-5,7-8,10,15H,6,9H2,1-2H3,(H,24,27)/t15-/m1/s1. The van der Waals surface area contributed by atoms with Gasteiger partial charge in [-0.2, -0.15) is 0 Å². The number of ketones is 1. The molecule has 0 saturated heterocycles. The summed E-state index contributed by atoms with van der Waals surface area (Å²) < 4.78 is 5.97. The number of hydrogen-bond donors (Lipinski definition) is 1. The first-order valence-corrected chi connectivity index (χ1v) is 11.7. The number of nitrogens with one attached hydrogen (secondary N) is 1. The largest absolute Gasteiger partial charge is 0.486 e. The second-order valence-electron chi connectivity index (χ2n) is 6.78. The molecule has 0 fully saturated rings. The highest BCUT2D eigenvalue weighted by Crippen LogP contribution is 2.39. The molecule has 9 heteroatoms. The minimum absolute atomic E-state index is 0.0487. The second kappa shape index (κ2) is 8.75. The van der Waals surface area contributed by atoms with E-state index in [0.29, 0.717) is 39.3 Å². The number of rotatable bonds is 6. The van der Waals surface area contributed by atoms with Crippen molar-refractivity contribution in [3.05, 3.63) is 56.9 Å². The van der Waals surface area contributed by atoms with Gasteiger partial charge in [-0.25, -0.2) is 9.97 Å². The first-order chi connectivity index (χ1) is 14.4. The summed E-state index contributed by atoms with van der Waals surface area (Å²) in [4.78, 5) is 33.1. The Kier molecular flexibility index (Phi) is 6.08. The fourth-order valence-corrected chi connectivity index (χ4v) is 4.63. The van der Waals surface area contributed by atoms with Crippen LogP contribution in [0.1, 0.15) is 32.5 Å². The Labute approximate surface area is 187 Å². The van der Waals surface area contributed by atoms with E-state index in [9.17, 15) is 9.59 Å². The lowest BCUT2D eigenvalue weighted by atomic mass is 10.0. The average Bonchev–Trinajstić information content (AvgIpc) is 3.39. The maximum Gasteiger partial charge on any atom is 0.252 e. The van der Waals surface area contributed by atoms with E-state index in [2.05, 4.69) is 15.3 Å². The van der Waals surface area contributed by atoms with Crippen LogP contribution in [0, 0.1) is 0 Å². The van der Waals surface area contributed by atoms with E-state index in [1.807, 2.05) is 24.5 Å². The lowest BCUT2D eigenvalue weighted by molar-refractivity contribution is 0.0934. The molecule has 2 aromatic heterocycles. The maximum atomic E-state index is 12.4. The number of hydrogen-bond acceptors (Lipinski definition) is 7. The van der Waals surface area contributed by atoms with Gasteiger partial charge in [0.15, 0.2) is 10.9 Å². The molecule has 0 radical (unpaired) electrons. The Morgan fingerprint density at radius 1 is 1.37 bits per heavy atom. The molecule has 1 atom stereocenters. The molecule has 30 heavy (non-hydrogen) atoms. The van der Waals surface area contributed by atoms with Crippen molar-refractivity contribution in [3.63, 3.8) is 0 Å². The van der Waals surface area contributed by atoms with Crippen LogP contribution >= 0.6 is 34.7 Å². The highest BCUT2D eigenvalue weighted by molar-refractivity contribution is 7.98. The third-order valence-corrected chi connectivity index (χ3v) is 6.54. The van der Waals surface area contributed by atoms with Crippen LogP contribution in [0.4, 0.5) is 0 Å². The van der Waals surface area contributed by atoms with Crippen LogP contribution in [-0.2, 0) is 6.42 Å². The van der Waals surface area contributed by atoms with Gasteiger partial charge in [0.2, 0.25) is 0 Å². The molecule has 0 spiro atoms. The Morgan fingerprint density at radius 2 is 2.20 bits per heavy atom. The van der Waals surface area contributed by atoms with Gasteiger partial charge < -0.3 is 10.1 Å². The monoisotopic (exact) mass is 459 g/mol. The Hall–Kier alpha value is -2.42. The van der Waals surface area contributed by atoms with E-state index in [1.165, 1.54) is 30.0 Å². The predicted molar refractivity (Wildman–Crippen MR) is 119 cm³/mol. The molecule has 1 N–H and O–H groups in total. The first kappa shape index (κ1) is 20.8. The van der Waals surface area contributed by atoms with Crippen molar-refractivity contribution in [1.29, 1.82) is 0 Å². The van der Waals surface area contributed by atoms with E-state index in [-0.39, 0.29) is 17.8 Å². The van der Waals surface area contributed by atoms with Crippen LogP contribution in [0.25, 0.3) is 11.3 Å². The highest BCUT2D eigenvalue weighted by atomic mass is 35.5. The molecule has 1 aliphatic rings. The summed E-state index contributed by atoms with van der Waals surface area (Å²) in [5.74, 6) is 0.372. The van der Waals surface area contributed by atoms with Crippen LogP contribution in [-0.4, -0.2) is 40.6 Å². The molecule has 4 rings (SSSR count). The number of carbonyl (C=O) groups is 2. The number of carbonyl (C=O) groups excluding carboxylic acids is 2. The SMILES string of the molecule is CSc1nccc(-c2cc(Cl)c3c(c2)C[C@H](CNC(=O)c2csc(C(C)=O)c2)O3)n1. The minimum Gasteiger partial charge on any atom is -0.486 e. The van der Waals surface area contributed by atoms with Crippen LogP contribution in [0.2, 0.25) is 5.02 Å². The van der Waals surface area contributed by atoms with Crippen LogP contribution in [0.5, 0.6) is 5.75 Å². The van der Waals surface area contributed by atoms with Crippen LogP contribution in [0.3, 0.4) is 0 Å². The van der Waals surface area contributed by atoms with Crippen molar-refractivity contribution in [2.24, 2.45) is 0 Å². The Balaban J connectivity index is 1.44. The van der Waals surface area contributed by atoms with Crippen molar-refractivity contribution >= 4 is 46.4 Å². The van der Waals surface area contributed by atoms with Crippen molar-refractivity contribution in [2.45, 2.75) is 24.6 Å². The smallest absolute Gasteiger partial charge is 0.252 e. The number of aromatic nitrogens is 2. The summed E-state index contributed by atoms with van der Waals surface area (Å²) >= 11 is 9.21. The molecule has 1 amide bonds. The molecule has 0 unspecified atom stereocenters. The number of ether oxygens (including phenoxy) is 1. The van der Waals surface area contributed by atoms with Crippen LogP contribution in [0.15, 0.2) is 41.0 Å². The number of fused-ring (bicyclic) bond motifs is 1. The molecular formula is C21H18ClN3O3S2. The van der Waals surface area contributed by atoms with E-state index in [0.717, 1.165) is 16.8 Å². The lowest BCUT2D eigenvalue weighted by Crippen LogP contribution is -2.34. The summed E-state index contributed by atoms with van der Waals surface area (Å²) in [6.07, 6.45) is 4.08. The number of benzene rings is 1. The average molecular weight is 460 g/mol. The maximum absolute atomic E-state index is 12.4. The minimum atomic E-state index is -0.226. The van der Waals surface area contributed by atoms with Gasteiger partial charge in [0.25, 0.3) is 5.91 Å². The van der Waals surface area contributed by atoms with Crippen molar-refractivity contribution in [2.75, 3.05) is 12.8 Å². The van der Waals surface area contributed by atoms with Gasteiger partial charge in [0.1, 0.15) is 11.9 Å². The normalized spacial score (nSPS) is 14.8. The summed E-state index contributed by atoms with van der Waals surface area (Å²) in [6.45, 7) is 1.83. The topological polar surface area (TPSA) is 81.2 Å². The highest BCUT2D eigenvalue weighted by Gasteiger charge is 2.27. The zero-order chi connectivity index (χ0) is 21.3. The van der Waals surface area contributed by atoms with E-state index in [4.69, 9.17) is 16.3 Å². The van der Waals surface area contributed by atoms with Gasteiger partial charge in [-0.05, 0) is 37.4 Å². The summed E-state index contributed by atoms with van der Waals surface area (Å²) in [5, 5.41) is 5.77. The first-order valence-electron chi connectivity index (χ1n) is 9.18. The third-order valence-electron chi connectivity index (χ3n) is 4.66. The number of halogens is 1. The molecule has 1 aromatic carbocycles. The molecule has 6 nitrogen and oxygen atoms in total. The van der Waals surface area contributed by atoms with Crippen molar-refractivity contribution in [1.82, 2.24) is 15.3 Å². The molecular weight excluding hydrogens is 442 g/mol.